The molecule has 4 nitrogen and oxygen atoms in total. The van der Waals surface area contributed by atoms with E-state index in [9.17, 15) is 14.7 Å². The van der Waals surface area contributed by atoms with Gasteiger partial charge in [-0.2, -0.15) is 0 Å². The van der Waals surface area contributed by atoms with Gasteiger partial charge in [-0.3, -0.25) is 4.79 Å². The van der Waals surface area contributed by atoms with Gasteiger partial charge < -0.3 is 9.84 Å². The third-order valence-electron chi connectivity index (χ3n) is 3.91. The first-order valence-electron chi connectivity index (χ1n) is 8.12. The van der Waals surface area contributed by atoms with Gasteiger partial charge in [0.1, 0.15) is 5.75 Å². The molecule has 0 aliphatic rings. The van der Waals surface area contributed by atoms with Gasteiger partial charge in [0.2, 0.25) is 0 Å². The number of benzene rings is 2. The van der Waals surface area contributed by atoms with Crippen molar-refractivity contribution in [1.82, 2.24) is 0 Å². The topological polar surface area (TPSA) is 63.6 Å². The van der Waals surface area contributed by atoms with Crippen molar-refractivity contribution in [3.05, 3.63) is 68.3 Å². The Morgan fingerprint density at radius 1 is 1.08 bits per heavy atom. The monoisotopic (exact) mass is 464 g/mol. The van der Waals surface area contributed by atoms with Crippen molar-refractivity contribution in [3.63, 3.8) is 0 Å². The standard InChI is InChI=1S/C21H21IO4/c1-13-11-15(5-10-18(23)16-6-8-17(22)9-7-16)12-14(2)19(13)26-21(3,4)20(24)25/h5-12H,1-4H3,(H,24,25). The first-order chi connectivity index (χ1) is 12.1. The molecule has 2 aromatic carbocycles. The number of carbonyl (C=O) groups is 2. The molecule has 0 spiro atoms. The predicted molar refractivity (Wildman–Crippen MR) is 111 cm³/mol. The largest absolute Gasteiger partial charge is 0.478 e. The molecule has 0 aliphatic heterocycles. The number of halogens is 1. The first kappa shape index (κ1) is 20.2. The van der Waals surface area contributed by atoms with Gasteiger partial charge in [-0.05, 0) is 97.3 Å². The van der Waals surface area contributed by atoms with Crippen LogP contribution in [0.3, 0.4) is 0 Å². The van der Waals surface area contributed by atoms with Crippen molar-refractivity contribution in [2.45, 2.75) is 33.3 Å². The number of carboxylic acids is 1. The van der Waals surface area contributed by atoms with E-state index in [2.05, 4.69) is 22.6 Å². The summed E-state index contributed by atoms with van der Waals surface area (Å²) in [7, 11) is 0. The second kappa shape index (κ2) is 8.03. The molecule has 0 saturated carbocycles. The van der Waals surface area contributed by atoms with E-state index in [1.165, 1.54) is 19.9 Å². The predicted octanol–water partition coefficient (Wildman–Crippen LogP) is 5.05. The van der Waals surface area contributed by atoms with Crippen LogP contribution in [0, 0.1) is 17.4 Å². The summed E-state index contributed by atoms with van der Waals surface area (Å²) in [6.45, 7) is 6.75. The quantitative estimate of drug-likeness (QED) is 0.370. The molecule has 5 heteroatoms. The van der Waals surface area contributed by atoms with Crippen LogP contribution in [0.25, 0.3) is 6.08 Å². The fraction of sp³-hybridized carbons (Fsp3) is 0.238. The van der Waals surface area contributed by atoms with Crippen LogP contribution < -0.4 is 4.74 Å². The second-order valence-electron chi connectivity index (χ2n) is 6.61. The van der Waals surface area contributed by atoms with Gasteiger partial charge in [-0.1, -0.05) is 18.2 Å². The highest BCUT2D eigenvalue weighted by Crippen LogP contribution is 2.29. The SMILES string of the molecule is Cc1cc(C=CC(=O)c2ccc(I)cc2)cc(C)c1OC(C)(C)C(=O)O. The van der Waals surface area contributed by atoms with Gasteiger partial charge in [0.25, 0.3) is 0 Å². The Balaban J connectivity index is 2.23. The Hall–Kier alpha value is -2.15. The molecule has 26 heavy (non-hydrogen) atoms. The molecule has 0 radical (unpaired) electrons. The van der Waals surface area contributed by atoms with Crippen molar-refractivity contribution in [3.8, 4) is 5.75 Å². The van der Waals surface area contributed by atoms with Crippen molar-refractivity contribution in [2.24, 2.45) is 0 Å². The summed E-state index contributed by atoms with van der Waals surface area (Å²) in [6.07, 6.45) is 3.30. The highest BCUT2D eigenvalue weighted by Gasteiger charge is 2.30. The van der Waals surface area contributed by atoms with Gasteiger partial charge in [-0.15, -0.1) is 0 Å². The lowest BCUT2D eigenvalue weighted by atomic mass is 10.0. The number of aryl methyl sites for hydroxylation is 2. The maximum atomic E-state index is 12.2. The molecule has 0 aliphatic carbocycles. The van der Waals surface area contributed by atoms with Gasteiger partial charge in [0, 0.05) is 9.13 Å². The van der Waals surface area contributed by atoms with E-state index in [1.807, 2.05) is 38.1 Å². The number of carbonyl (C=O) groups excluding carboxylic acids is 1. The number of hydrogen-bond acceptors (Lipinski definition) is 3. The molecule has 2 aromatic rings. The highest BCUT2D eigenvalue weighted by atomic mass is 127. The summed E-state index contributed by atoms with van der Waals surface area (Å²) in [5.74, 6) is -0.536. The number of rotatable bonds is 6. The molecule has 136 valence electrons. The molecule has 0 unspecified atom stereocenters. The average Bonchev–Trinajstić information content (AvgIpc) is 2.56. The van der Waals surface area contributed by atoms with Crippen molar-refractivity contribution in [2.75, 3.05) is 0 Å². The normalized spacial score (nSPS) is 11.6. The van der Waals surface area contributed by atoms with Crippen LogP contribution in [0.5, 0.6) is 5.75 Å². The molecule has 0 bridgehead atoms. The summed E-state index contributed by atoms with van der Waals surface area (Å²) in [5, 5.41) is 9.24. The fourth-order valence-corrected chi connectivity index (χ4v) is 2.78. The Morgan fingerprint density at radius 3 is 2.12 bits per heavy atom. The zero-order chi connectivity index (χ0) is 19.5. The molecule has 2 rings (SSSR count). The third kappa shape index (κ3) is 4.94. The molecule has 0 atom stereocenters. The van der Waals surface area contributed by atoms with E-state index >= 15 is 0 Å². The lowest BCUT2D eigenvalue weighted by Gasteiger charge is -2.24. The molecule has 1 N–H and O–H groups in total. The minimum Gasteiger partial charge on any atom is -0.478 e. The third-order valence-corrected chi connectivity index (χ3v) is 4.63. The molecular weight excluding hydrogens is 443 g/mol. The van der Waals surface area contributed by atoms with Crippen LogP contribution in [0.1, 0.15) is 40.9 Å². The van der Waals surface area contributed by atoms with Gasteiger partial charge in [0.15, 0.2) is 11.4 Å². The second-order valence-corrected chi connectivity index (χ2v) is 7.85. The Bertz CT molecular complexity index is 841. The van der Waals surface area contributed by atoms with E-state index < -0.39 is 11.6 Å². The van der Waals surface area contributed by atoms with E-state index in [-0.39, 0.29) is 5.78 Å². The maximum Gasteiger partial charge on any atom is 0.347 e. The molecular formula is C21H21IO4. The first-order valence-corrected chi connectivity index (χ1v) is 9.19. The number of ketones is 1. The molecule has 0 amide bonds. The Morgan fingerprint density at radius 2 is 1.62 bits per heavy atom. The fourth-order valence-electron chi connectivity index (χ4n) is 2.42. The van der Waals surface area contributed by atoms with E-state index in [0.717, 1.165) is 20.3 Å². The number of ether oxygens (including phenoxy) is 1. The summed E-state index contributed by atoms with van der Waals surface area (Å²) in [5.41, 5.74) is 1.83. The van der Waals surface area contributed by atoms with Crippen LogP contribution >= 0.6 is 22.6 Å². The summed E-state index contributed by atoms with van der Waals surface area (Å²) >= 11 is 2.20. The van der Waals surface area contributed by atoms with Crippen molar-refractivity contribution in [1.29, 1.82) is 0 Å². The minimum absolute atomic E-state index is 0.0657. The smallest absolute Gasteiger partial charge is 0.347 e. The lowest BCUT2D eigenvalue weighted by molar-refractivity contribution is -0.152. The Kier molecular flexibility index (Phi) is 6.23. The number of allylic oxidation sites excluding steroid dienone is 1. The van der Waals surface area contributed by atoms with E-state index in [0.29, 0.717) is 11.3 Å². The van der Waals surface area contributed by atoms with Gasteiger partial charge in [0.05, 0.1) is 0 Å². The zero-order valence-corrected chi connectivity index (χ0v) is 17.3. The average molecular weight is 464 g/mol. The molecule has 0 heterocycles. The van der Waals surface area contributed by atoms with Crippen molar-refractivity contribution < 1.29 is 19.4 Å². The summed E-state index contributed by atoms with van der Waals surface area (Å²) in [6, 6.07) is 11.1. The van der Waals surface area contributed by atoms with Crippen LogP contribution in [-0.4, -0.2) is 22.5 Å². The molecule has 0 fully saturated rings. The van der Waals surface area contributed by atoms with Gasteiger partial charge >= 0.3 is 5.97 Å². The van der Waals surface area contributed by atoms with E-state index in [4.69, 9.17) is 4.74 Å². The number of hydrogen-bond donors (Lipinski definition) is 1. The van der Waals surface area contributed by atoms with Crippen LogP contribution in [0.2, 0.25) is 0 Å². The molecule has 0 saturated heterocycles. The maximum absolute atomic E-state index is 12.2. The van der Waals surface area contributed by atoms with Crippen LogP contribution in [0.4, 0.5) is 0 Å². The summed E-state index contributed by atoms with van der Waals surface area (Å²) in [4.78, 5) is 23.5. The Labute approximate surface area is 167 Å². The molecule has 0 aromatic heterocycles. The summed E-state index contributed by atoms with van der Waals surface area (Å²) < 4.78 is 6.77. The zero-order valence-electron chi connectivity index (χ0n) is 15.2. The van der Waals surface area contributed by atoms with Crippen molar-refractivity contribution >= 4 is 40.4 Å². The van der Waals surface area contributed by atoms with Gasteiger partial charge in [-0.25, -0.2) is 4.79 Å². The number of aliphatic carboxylic acids is 1. The highest BCUT2D eigenvalue weighted by molar-refractivity contribution is 14.1. The lowest BCUT2D eigenvalue weighted by Crippen LogP contribution is -2.38. The number of carboxylic acid groups (broad SMARTS) is 1. The van der Waals surface area contributed by atoms with Crippen LogP contribution in [0.15, 0.2) is 42.5 Å². The van der Waals surface area contributed by atoms with E-state index in [1.54, 1.807) is 18.2 Å². The minimum atomic E-state index is -1.31. The van der Waals surface area contributed by atoms with Crippen LogP contribution in [-0.2, 0) is 4.79 Å².